The molecule has 1 aliphatic heterocycles. The van der Waals surface area contributed by atoms with Crippen LogP contribution in [0.4, 0.5) is 4.79 Å². The Morgan fingerprint density at radius 3 is 3.00 bits per heavy atom. The molecule has 0 atom stereocenters. The molecule has 0 aromatic carbocycles. The van der Waals surface area contributed by atoms with Crippen LogP contribution in [0.3, 0.4) is 0 Å². The number of amides is 1. The SMILES string of the molecule is CCCc1noc(C2CN(C(=O)OC)C2)n1. The maximum Gasteiger partial charge on any atom is 0.409 e. The number of hydrogen-bond acceptors (Lipinski definition) is 5. The van der Waals surface area contributed by atoms with Crippen molar-refractivity contribution in [1.29, 1.82) is 0 Å². The van der Waals surface area contributed by atoms with Crippen LogP contribution in [0.5, 0.6) is 0 Å². The van der Waals surface area contributed by atoms with Crippen molar-refractivity contribution in [3.8, 4) is 0 Å². The molecule has 0 saturated carbocycles. The molecule has 0 radical (unpaired) electrons. The van der Waals surface area contributed by atoms with Gasteiger partial charge in [-0.25, -0.2) is 4.79 Å². The number of nitrogens with zero attached hydrogens (tertiary/aromatic N) is 3. The van der Waals surface area contributed by atoms with Gasteiger partial charge in [0.05, 0.1) is 13.0 Å². The Labute approximate surface area is 93.6 Å². The lowest BCUT2D eigenvalue weighted by molar-refractivity contribution is 0.0804. The molecule has 0 aliphatic carbocycles. The van der Waals surface area contributed by atoms with E-state index in [2.05, 4.69) is 21.8 Å². The van der Waals surface area contributed by atoms with Gasteiger partial charge < -0.3 is 14.2 Å². The van der Waals surface area contributed by atoms with E-state index < -0.39 is 0 Å². The molecule has 1 saturated heterocycles. The van der Waals surface area contributed by atoms with Gasteiger partial charge in [0.15, 0.2) is 5.82 Å². The van der Waals surface area contributed by atoms with Gasteiger partial charge in [-0.05, 0) is 6.42 Å². The topological polar surface area (TPSA) is 68.5 Å². The van der Waals surface area contributed by atoms with Gasteiger partial charge in [-0.2, -0.15) is 4.98 Å². The zero-order valence-electron chi connectivity index (χ0n) is 9.47. The first-order valence-corrected chi connectivity index (χ1v) is 5.40. The first-order valence-electron chi connectivity index (χ1n) is 5.40. The number of hydrogen-bond donors (Lipinski definition) is 0. The fourth-order valence-corrected chi connectivity index (χ4v) is 1.67. The number of carbonyl (C=O) groups is 1. The highest BCUT2D eigenvalue weighted by Gasteiger charge is 2.36. The van der Waals surface area contributed by atoms with E-state index in [0.717, 1.165) is 18.7 Å². The average Bonchev–Trinajstić information content (AvgIpc) is 2.64. The molecule has 1 aromatic rings. The van der Waals surface area contributed by atoms with E-state index in [-0.39, 0.29) is 12.0 Å². The van der Waals surface area contributed by atoms with Gasteiger partial charge in [-0.1, -0.05) is 12.1 Å². The summed E-state index contributed by atoms with van der Waals surface area (Å²) in [7, 11) is 1.38. The molecule has 2 rings (SSSR count). The maximum atomic E-state index is 11.1. The molecule has 1 amide bonds. The minimum atomic E-state index is -0.301. The van der Waals surface area contributed by atoms with Crippen molar-refractivity contribution >= 4 is 6.09 Å². The van der Waals surface area contributed by atoms with Crippen LogP contribution < -0.4 is 0 Å². The summed E-state index contributed by atoms with van der Waals surface area (Å²) < 4.78 is 9.75. The summed E-state index contributed by atoms with van der Waals surface area (Å²) in [6.45, 7) is 3.26. The first-order chi connectivity index (χ1) is 7.74. The van der Waals surface area contributed by atoms with E-state index in [0.29, 0.717) is 19.0 Å². The fourth-order valence-electron chi connectivity index (χ4n) is 1.67. The van der Waals surface area contributed by atoms with Gasteiger partial charge >= 0.3 is 6.09 Å². The van der Waals surface area contributed by atoms with Crippen LogP contribution in [-0.4, -0.2) is 41.3 Å². The second-order valence-electron chi connectivity index (χ2n) is 3.87. The molecule has 88 valence electrons. The van der Waals surface area contributed by atoms with Gasteiger partial charge in [0.2, 0.25) is 5.89 Å². The molecule has 0 unspecified atom stereocenters. The third-order valence-corrected chi connectivity index (χ3v) is 2.62. The Kier molecular flexibility index (Phi) is 3.07. The molecule has 0 N–H and O–H groups in total. The Hall–Kier alpha value is -1.59. The van der Waals surface area contributed by atoms with Crippen molar-refractivity contribution in [1.82, 2.24) is 15.0 Å². The van der Waals surface area contributed by atoms with Crippen LogP contribution in [0.1, 0.15) is 31.0 Å². The van der Waals surface area contributed by atoms with Crippen LogP contribution in [0.25, 0.3) is 0 Å². The number of methoxy groups -OCH3 is 1. The zero-order valence-corrected chi connectivity index (χ0v) is 9.47. The quantitative estimate of drug-likeness (QED) is 0.772. The standard InChI is InChI=1S/C10H15N3O3/c1-3-4-8-11-9(16-12-8)7-5-13(6-7)10(14)15-2/h7H,3-6H2,1-2H3. The van der Waals surface area contributed by atoms with Crippen LogP contribution in [-0.2, 0) is 11.2 Å². The van der Waals surface area contributed by atoms with Crippen molar-refractivity contribution in [2.45, 2.75) is 25.7 Å². The van der Waals surface area contributed by atoms with Crippen molar-refractivity contribution in [3.05, 3.63) is 11.7 Å². The summed E-state index contributed by atoms with van der Waals surface area (Å²) in [5.74, 6) is 1.54. The average molecular weight is 225 g/mol. The number of carbonyl (C=O) groups excluding carboxylic acids is 1. The molecule has 1 fully saturated rings. The fraction of sp³-hybridized carbons (Fsp3) is 0.700. The van der Waals surface area contributed by atoms with E-state index in [1.165, 1.54) is 7.11 Å². The third kappa shape index (κ3) is 2.00. The van der Waals surface area contributed by atoms with Crippen LogP contribution in [0, 0.1) is 0 Å². The van der Waals surface area contributed by atoms with E-state index in [1.54, 1.807) is 4.90 Å². The summed E-state index contributed by atoms with van der Waals surface area (Å²) in [4.78, 5) is 17.0. The monoisotopic (exact) mass is 225 g/mol. The van der Waals surface area contributed by atoms with Crippen molar-refractivity contribution in [2.75, 3.05) is 20.2 Å². The molecule has 0 spiro atoms. The predicted molar refractivity (Wildman–Crippen MR) is 55.0 cm³/mol. The summed E-state index contributed by atoms with van der Waals surface area (Å²) in [6.07, 6.45) is 1.53. The van der Waals surface area contributed by atoms with E-state index in [1.807, 2.05) is 0 Å². The largest absolute Gasteiger partial charge is 0.453 e. The summed E-state index contributed by atoms with van der Waals surface area (Å²) in [5.41, 5.74) is 0. The number of likely N-dealkylation sites (tertiary alicyclic amines) is 1. The Balaban J connectivity index is 1.88. The van der Waals surface area contributed by atoms with Crippen LogP contribution >= 0.6 is 0 Å². The minimum absolute atomic E-state index is 0.164. The minimum Gasteiger partial charge on any atom is -0.453 e. The Morgan fingerprint density at radius 1 is 1.62 bits per heavy atom. The molecular formula is C10H15N3O3. The van der Waals surface area contributed by atoms with E-state index in [4.69, 9.17) is 4.52 Å². The Morgan fingerprint density at radius 2 is 2.38 bits per heavy atom. The number of ether oxygens (including phenoxy) is 1. The molecule has 2 heterocycles. The highest BCUT2D eigenvalue weighted by atomic mass is 16.5. The number of aryl methyl sites for hydroxylation is 1. The lowest BCUT2D eigenvalue weighted by Crippen LogP contribution is -2.48. The second kappa shape index (κ2) is 4.51. The highest BCUT2D eigenvalue weighted by molar-refractivity contribution is 5.68. The summed E-state index contributed by atoms with van der Waals surface area (Å²) in [6, 6.07) is 0. The first kappa shape index (κ1) is 10.9. The van der Waals surface area contributed by atoms with E-state index >= 15 is 0 Å². The number of aromatic nitrogens is 2. The normalized spacial score (nSPS) is 16.0. The smallest absolute Gasteiger partial charge is 0.409 e. The Bertz CT molecular complexity index is 371. The molecule has 0 bridgehead atoms. The van der Waals surface area contributed by atoms with Crippen molar-refractivity contribution < 1.29 is 14.1 Å². The zero-order chi connectivity index (χ0) is 11.5. The van der Waals surface area contributed by atoms with E-state index in [9.17, 15) is 4.79 Å². The molecule has 16 heavy (non-hydrogen) atoms. The third-order valence-electron chi connectivity index (χ3n) is 2.62. The van der Waals surface area contributed by atoms with Crippen LogP contribution in [0.15, 0.2) is 4.52 Å². The number of rotatable bonds is 3. The van der Waals surface area contributed by atoms with Crippen molar-refractivity contribution in [2.24, 2.45) is 0 Å². The highest BCUT2D eigenvalue weighted by Crippen LogP contribution is 2.26. The molecule has 1 aliphatic rings. The second-order valence-corrected chi connectivity index (χ2v) is 3.87. The molecule has 6 heteroatoms. The molecule has 1 aromatic heterocycles. The predicted octanol–water partition coefficient (Wildman–Crippen LogP) is 1.19. The van der Waals surface area contributed by atoms with Crippen LogP contribution in [0.2, 0.25) is 0 Å². The lowest BCUT2D eigenvalue weighted by atomic mass is 10.0. The summed E-state index contributed by atoms with van der Waals surface area (Å²) in [5, 5.41) is 3.88. The maximum absolute atomic E-state index is 11.1. The van der Waals surface area contributed by atoms with Gasteiger partial charge in [0.25, 0.3) is 0 Å². The molecular weight excluding hydrogens is 210 g/mol. The summed E-state index contributed by atoms with van der Waals surface area (Å²) >= 11 is 0. The van der Waals surface area contributed by atoms with Gasteiger partial charge in [-0.3, -0.25) is 0 Å². The van der Waals surface area contributed by atoms with Gasteiger partial charge in [0.1, 0.15) is 0 Å². The van der Waals surface area contributed by atoms with Gasteiger partial charge in [0, 0.05) is 19.5 Å². The molecule has 6 nitrogen and oxygen atoms in total. The lowest BCUT2D eigenvalue weighted by Gasteiger charge is -2.35. The van der Waals surface area contributed by atoms with Crippen molar-refractivity contribution in [3.63, 3.8) is 0 Å². The van der Waals surface area contributed by atoms with Gasteiger partial charge in [-0.15, -0.1) is 0 Å².